The average Bonchev–Trinajstić information content (AvgIpc) is 3.21. The molecular formula is C18H20FN3O2. The maximum atomic E-state index is 13.2. The maximum Gasteiger partial charge on any atom is 0.125 e. The molecule has 0 bridgehead atoms. The number of rotatable bonds is 6. The van der Waals surface area contributed by atoms with E-state index in [4.69, 9.17) is 4.42 Å². The minimum atomic E-state index is -1.10. The Balaban J connectivity index is 1.81. The van der Waals surface area contributed by atoms with Gasteiger partial charge in [0.2, 0.25) is 0 Å². The van der Waals surface area contributed by atoms with Gasteiger partial charge in [0.1, 0.15) is 17.2 Å². The zero-order valence-electron chi connectivity index (χ0n) is 13.6. The van der Waals surface area contributed by atoms with Gasteiger partial charge in [-0.25, -0.2) is 4.39 Å². The number of hydrogen-bond donors (Lipinski definition) is 2. The van der Waals surface area contributed by atoms with Crippen LogP contribution in [-0.2, 0) is 12.6 Å². The van der Waals surface area contributed by atoms with E-state index < -0.39 is 5.60 Å². The van der Waals surface area contributed by atoms with Crippen molar-refractivity contribution < 1.29 is 13.9 Å². The predicted octanol–water partition coefficient (Wildman–Crippen LogP) is 2.74. The Kier molecular flexibility index (Phi) is 4.51. The van der Waals surface area contributed by atoms with E-state index in [0.717, 1.165) is 11.1 Å². The van der Waals surface area contributed by atoms with Crippen LogP contribution in [0, 0.1) is 5.82 Å². The highest BCUT2D eigenvalue weighted by atomic mass is 19.1. The van der Waals surface area contributed by atoms with Crippen molar-refractivity contribution in [1.82, 2.24) is 15.1 Å². The molecule has 0 aliphatic heterocycles. The first kappa shape index (κ1) is 16.4. The lowest BCUT2D eigenvalue weighted by atomic mass is 9.97. The summed E-state index contributed by atoms with van der Waals surface area (Å²) in [5.74, 6) is 0.405. The van der Waals surface area contributed by atoms with Crippen LogP contribution in [0.3, 0.4) is 0 Å². The number of furan rings is 1. The summed E-state index contributed by atoms with van der Waals surface area (Å²) in [6.07, 6.45) is 5.01. The second kappa shape index (κ2) is 6.59. The van der Waals surface area contributed by atoms with Crippen molar-refractivity contribution in [3.8, 4) is 0 Å². The number of aryl methyl sites for hydroxylation is 1. The first-order chi connectivity index (χ1) is 11.5. The van der Waals surface area contributed by atoms with Crippen molar-refractivity contribution in [3.05, 3.63) is 77.8 Å². The molecule has 2 aromatic heterocycles. The van der Waals surface area contributed by atoms with Gasteiger partial charge in [-0.15, -0.1) is 0 Å². The van der Waals surface area contributed by atoms with E-state index in [9.17, 15) is 9.50 Å². The van der Waals surface area contributed by atoms with Gasteiger partial charge in [-0.05, 0) is 36.8 Å². The molecule has 0 spiro atoms. The van der Waals surface area contributed by atoms with Gasteiger partial charge in [-0.1, -0.05) is 12.1 Å². The summed E-state index contributed by atoms with van der Waals surface area (Å²) in [6.45, 7) is 2.00. The van der Waals surface area contributed by atoms with E-state index in [1.165, 1.54) is 12.1 Å². The Hall–Kier alpha value is -2.44. The van der Waals surface area contributed by atoms with Crippen LogP contribution in [0.25, 0.3) is 0 Å². The largest absolute Gasteiger partial charge is 0.467 e. The predicted molar refractivity (Wildman–Crippen MR) is 87.7 cm³/mol. The quantitative estimate of drug-likeness (QED) is 0.730. The second-order valence-corrected chi connectivity index (χ2v) is 6.06. The Labute approximate surface area is 139 Å². The van der Waals surface area contributed by atoms with Crippen molar-refractivity contribution in [3.63, 3.8) is 0 Å². The van der Waals surface area contributed by atoms with Gasteiger partial charge in [0.15, 0.2) is 0 Å². The molecule has 0 unspecified atom stereocenters. The van der Waals surface area contributed by atoms with Gasteiger partial charge >= 0.3 is 0 Å². The third kappa shape index (κ3) is 3.55. The lowest BCUT2D eigenvalue weighted by Gasteiger charge is -2.26. The van der Waals surface area contributed by atoms with Crippen LogP contribution in [0.15, 0.2) is 59.5 Å². The minimum absolute atomic E-state index is 0.279. The minimum Gasteiger partial charge on any atom is -0.467 e. The molecule has 3 rings (SSSR count). The van der Waals surface area contributed by atoms with Gasteiger partial charge in [0, 0.05) is 25.4 Å². The summed E-state index contributed by atoms with van der Waals surface area (Å²) in [4.78, 5) is 0. The zero-order valence-corrected chi connectivity index (χ0v) is 13.6. The monoisotopic (exact) mass is 329 g/mol. The fraction of sp³-hybridized carbons (Fsp3) is 0.278. The van der Waals surface area contributed by atoms with Gasteiger partial charge in [-0.2, -0.15) is 5.10 Å². The van der Waals surface area contributed by atoms with Gasteiger partial charge in [-0.3, -0.25) is 4.68 Å². The summed E-state index contributed by atoms with van der Waals surface area (Å²) in [5.41, 5.74) is 0.474. The molecule has 1 aromatic carbocycles. The molecule has 5 nitrogen and oxygen atoms in total. The van der Waals surface area contributed by atoms with Gasteiger partial charge in [0.05, 0.1) is 18.5 Å². The molecule has 2 heterocycles. The van der Waals surface area contributed by atoms with Crippen LogP contribution in [-0.4, -0.2) is 21.4 Å². The third-order valence-corrected chi connectivity index (χ3v) is 4.01. The highest BCUT2D eigenvalue weighted by molar-refractivity contribution is 5.27. The van der Waals surface area contributed by atoms with E-state index in [1.54, 1.807) is 55.5 Å². The molecule has 0 amide bonds. The molecule has 6 heteroatoms. The standard InChI is InChI=1S/C18H20FN3O2/c1-18(23,14-10-21-22(2)11-14)12-20-17(16-4-3-9-24-16)13-5-7-15(19)8-6-13/h3-11,17,20,23H,12H2,1-2H3/t17-,18-/m1/s1. The molecule has 126 valence electrons. The van der Waals surface area contributed by atoms with Crippen LogP contribution in [0.4, 0.5) is 4.39 Å². The summed E-state index contributed by atoms with van der Waals surface area (Å²) in [7, 11) is 1.80. The van der Waals surface area contributed by atoms with Crippen LogP contribution >= 0.6 is 0 Å². The van der Waals surface area contributed by atoms with Crippen molar-refractivity contribution in [1.29, 1.82) is 0 Å². The summed E-state index contributed by atoms with van der Waals surface area (Å²) in [5, 5.41) is 18.1. The molecule has 0 aliphatic rings. The topological polar surface area (TPSA) is 63.2 Å². The van der Waals surface area contributed by atoms with Crippen LogP contribution < -0.4 is 5.32 Å². The Morgan fingerprint density at radius 2 is 2.08 bits per heavy atom. The second-order valence-electron chi connectivity index (χ2n) is 6.06. The Morgan fingerprint density at radius 1 is 1.33 bits per heavy atom. The number of hydrogen-bond acceptors (Lipinski definition) is 4. The average molecular weight is 329 g/mol. The third-order valence-electron chi connectivity index (χ3n) is 4.01. The molecule has 2 N–H and O–H groups in total. The number of benzene rings is 1. The number of nitrogens with one attached hydrogen (secondary N) is 1. The fourth-order valence-electron chi connectivity index (χ4n) is 2.60. The highest BCUT2D eigenvalue weighted by Crippen LogP contribution is 2.25. The van der Waals surface area contributed by atoms with Crippen molar-refractivity contribution in [2.75, 3.05) is 6.54 Å². The Morgan fingerprint density at radius 3 is 2.67 bits per heavy atom. The number of aliphatic hydroxyl groups is 1. The van der Waals surface area contributed by atoms with Crippen LogP contribution in [0.2, 0.25) is 0 Å². The SMILES string of the molecule is Cn1cc([C@](C)(O)CN[C@H](c2ccc(F)cc2)c2ccco2)cn1. The smallest absolute Gasteiger partial charge is 0.125 e. The lowest BCUT2D eigenvalue weighted by molar-refractivity contribution is 0.0543. The highest BCUT2D eigenvalue weighted by Gasteiger charge is 2.27. The van der Waals surface area contributed by atoms with E-state index in [1.807, 2.05) is 6.07 Å². The van der Waals surface area contributed by atoms with E-state index >= 15 is 0 Å². The van der Waals surface area contributed by atoms with Gasteiger partial charge in [0.25, 0.3) is 0 Å². The zero-order chi connectivity index (χ0) is 17.2. The molecule has 24 heavy (non-hydrogen) atoms. The fourth-order valence-corrected chi connectivity index (χ4v) is 2.60. The molecule has 0 fully saturated rings. The van der Waals surface area contributed by atoms with Crippen molar-refractivity contribution in [2.45, 2.75) is 18.6 Å². The lowest BCUT2D eigenvalue weighted by Crippen LogP contribution is -2.37. The molecule has 2 atom stereocenters. The van der Waals surface area contributed by atoms with E-state index in [-0.39, 0.29) is 18.4 Å². The van der Waals surface area contributed by atoms with Crippen LogP contribution in [0.1, 0.15) is 29.9 Å². The summed E-state index contributed by atoms with van der Waals surface area (Å²) >= 11 is 0. The molecule has 3 aromatic rings. The summed E-state index contributed by atoms with van der Waals surface area (Å²) < 4.78 is 20.3. The number of halogens is 1. The molecule has 0 aliphatic carbocycles. The number of nitrogens with zero attached hydrogens (tertiary/aromatic N) is 2. The van der Waals surface area contributed by atoms with Crippen LogP contribution in [0.5, 0.6) is 0 Å². The molecule has 0 saturated carbocycles. The van der Waals surface area contributed by atoms with Crippen molar-refractivity contribution >= 4 is 0 Å². The van der Waals surface area contributed by atoms with Crippen molar-refractivity contribution in [2.24, 2.45) is 7.05 Å². The van der Waals surface area contributed by atoms with E-state index in [2.05, 4.69) is 10.4 Å². The molecule has 0 saturated heterocycles. The summed E-state index contributed by atoms with van der Waals surface area (Å²) in [6, 6.07) is 9.58. The first-order valence-corrected chi connectivity index (χ1v) is 7.69. The Bertz CT molecular complexity index is 779. The van der Waals surface area contributed by atoms with E-state index in [0.29, 0.717) is 5.76 Å². The molecule has 0 radical (unpaired) electrons. The normalized spacial score (nSPS) is 15.2. The number of aromatic nitrogens is 2. The molecular weight excluding hydrogens is 309 g/mol. The van der Waals surface area contributed by atoms with Gasteiger partial charge < -0.3 is 14.8 Å². The first-order valence-electron chi connectivity index (χ1n) is 7.69. The maximum absolute atomic E-state index is 13.2.